The lowest BCUT2D eigenvalue weighted by atomic mass is 10.2. The Morgan fingerprint density at radius 1 is 1.23 bits per heavy atom. The van der Waals surface area contributed by atoms with E-state index >= 15 is 0 Å². The smallest absolute Gasteiger partial charge is 0.331 e. The Morgan fingerprint density at radius 3 is 2.73 bits per heavy atom. The molecule has 0 aliphatic heterocycles. The van der Waals surface area contributed by atoms with Gasteiger partial charge in [0.2, 0.25) is 0 Å². The molecule has 0 saturated carbocycles. The van der Waals surface area contributed by atoms with Gasteiger partial charge >= 0.3 is 5.97 Å². The average molecular weight is 376 g/mol. The van der Waals surface area contributed by atoms with Crippen LogP contribution in [0, 0.1) is 0 Å². The Hall–Kier alpha value is -2.99. The number of hydrogen-bond acceptors (Lipinski definition) is 5. The van der Waals surface area contributed by atoms with Crippen molar-refractivity contribution in [2.45, 2.75) is 6.54 Å². The van der Waals surface area contributed by atoms with Crippen molar-refractivity contribution in [3.8, 4) is 11.5 Å². The monoisotopic (exact) mass is 375 g/mol. The number of amides is 1. The normalized spacial score (nSPS) is 10.5. The van der Waals surface area contributed by atoms with E-state index in [9.17, 15) is 14.7 Å². The van der Waals surface area contributed by atoms with Crippen LogP contribution in [-0.4, -0.2) is 30.7 Å². The summed E-state index contributed by atoms with van der Waals surface area (Å²) in [5, 5.41) is 12.7. The summed E-state index contributed by atoms with van der Waals surface area (Å²) in [7, 11) is 1.43. The lowest BCUT2D eigenvalue weighted by Gasteiger charge is -2.07. The Labute approximate surface area is 156 Å². The highest BCUT2D eigenvalue weighted by Crippen LogP contribution is 2.26. The number of rotatable bonds is 7. The third-order valence-corrected chi connectivity index (χ3v) is 3.76. The minimum Gasteiger partial charge on any atom is -0.504 e. The van der Waals surface area contributed by atoms with Crippen LogP contribution in [0.3, 0.4) is 0 Å². The molecule has 136 valence electrons. The van der Waals surface area contributed by atoms with Crippen molar-refractivity contribution in [1.29, 1.82) is 0 Å². The first kappa shape index (κ1) is 19.3. The topological polar surface area (TPSA) is 84.9 Å². The van der Waals surface area contributed by atoms with E-state index < -0.39 is 18.5 Å². The summed E-state index contributed by atoms with van der Waals surface area (Å²) < 4.78 is 9.85. The third kappa shape index (κ3) is 5.82. The van der Waals surface area contributed by atoms with Gasteiger partial charge in [-0.05, 0) is 35.4 Å². The van der Waals surface area contributed by atoms with Crippen molar-refractivity contribution in [2.75, 3.05) is 13.7 Å². The zero-order valence-electron chi connectivity index (χ0n) is 14.1. The minimum atomic E-state index is -0.662. The second kappa shape index (κ2) is 9.48. The summed E-state index contributed by atoms with van der Waals surface area (Å²) in [5.74, 6) is -0.801. The lowest BCUT2D eigenvalue weighted by molar-refractivity contribution is -0.143. The first-order valence-electron chi connectivity index (χ1n) is 7.71. The Kier molecular flexibility index (Phi) is 7.05. The molecule has 0 aromatic heterocycles. The van der Waals surface area contributed by atoms with Crippen LogP contribution in [0.4, 0.5) is 0 Å². The molecule has 2 aromatic carbocycles. The maximum absolute atomic E-state index is 11.7. The minimum absolute atomic E-state index is 0.00224. The first-order chi connectivity index (χ1) is 12.5. The highest BCUT2D eigenvalue weighted by molar-refractivity contribution is 6.31. The number of methoxy groups -OCH3 is 1. The van der Waals surface area contributed by atoms with Crippen molar-refractivity contribution in [2.24, 2.45) is 0 Å². The molecule has 0 atom stereocenters. The van der Waals surface area contributed by atoms with Crippen molar-refractivity contribution in [3.63, 3.8) is 0 Å². The fourth-order valence-electron chi connectivity index (χ4n) is 2.03. The SMILES string of the molecule is COc1cc(C=CC(=O)OCC(=O)NCc2ccccc2Cl)ccc1O. The second-order valence-electron chi connectivity index (χ2n) is 5.24. The fourth-order valence-corrected chi connectivity index (χ4v) is 2.24. The number of phenols is 1. The summed E-state index contributed by atoms with van der Waals surface area (Å²) in [6.45, 7) is -0.147. The average Bonchev–Trinajstić information content (AvgIpc) is 2.65. The number of benzene rings is 2. The van der Waals surface area contributed by atoms with Gasteiger partial charge in [0.1, 0.15) is 0 Å². The van der Waals surface area contributed by atoms with Gasteiger partial charge in [0.05, 0.1) is 7.11 Å². The molecule has 0 unspecified atom stereocenters. The van der Waals surface area contributed by atoms with Gasteiger partial charge < -0.3 is 19.9 Å². The van der Waals surface area contributed by atoms with Crippen molar-refractivity contribution in [3.05, 3.63) is 64.7 Å². The van der Waals surface area contributed by atoms with Crippen LogP contribution in [0.1, 0.15) is 11.1 Å². The van der Waals surface area contributed by atoms with Crippen LogP contribution in [0.2, 0.25) is 5.02 Å². The molecular weight excluding hydrogens is 358 g/mol. The largest absolute Gasteiger partial charge is 0.504 e. The van der Waals surface area contributed by atoms with Crippen LogP contribution in [-0.2, 0) is 20.9 Å². The molecule has 6 nitrogen and oxygen atoms in total. The molecule has 7 heteroatoms. The zero-order chi connectivity index (χ0) is 18.9. The lowest BCUT2D eigenvalue weighted by Crippen LogP contribution is -2.28. The molecule has 2 aromatic rings. The van der Waals surface area contributed by atoms with E-state index in [0.717, 1.165) is 5.56 Å². The number of halogens is 1. The highest BCUT2D eigenvalue weighted by Gasteiger charge is 2.07. The summed E-state index contributed by atoms with van der Waals surface area (Å²) in [6.07, 6.45) is 2.68. The molecule has 1 amide bonds. The maximum atomic E-state index is 11.7. The standard InChI is InChI=1S/C19H18ClNO5/c1-25-17-10-13(6-8-16(17)22)7-9-19(24)26-12-18(23)21-11-14-4-2-3-5-15(14)20/h2-10,22H,11-12H2,1H3,(H,21,23). The van der Waals surface area contributed by atoms with Gasteiger partial charge in [-0.2, -0.15) is 0 Å². The van der Waals surface area contributed by atoms with Crippen LogP contribution in [0.15, 0.2) is 48.5 Å². The molecule has 0 fully saturated rings. The number of ether oxygens (including phenoxy) is 2. The molecule has 0 bridgehead atoms. The molecule has 0 aliphatic carbocycles. The molecule has 0 spiro atoms. The number of carbonyl (C=O) groups excluding carboxylic acids is 2. The van der Waals surface area contributed by atoms with Gasteiger partial charge in [-0.1, -0.05) is 35.9 Å². The van der Waals surface area contributed by atoms with Gasteiger partial charge in [-0.15, -0.1) is 0 Å². The van der Waals surface area contributed by atoms with Crippen LogP contribution in [0.5, 0.6) is 11.5 Å². The zero-order valence-corrected chi connectivity index (χ0v) is 14.8. The van der Waals surface area contributed by atoms with Gasteiger partial charge in [0, 0.05) is 17.6 Å². The molecule has 0 heterocycles. The van der Waals surface area contributed by atoms with E-state index in [1.165, 1.54) is 25.3 Å². The van der Waals surface area contributed by atoms with Crippen molar-refractivity contribution < 1.29 is 24.2 Å². The van der Waals surface area contributed by atoms with Crippen LogP contribution >= 0.6 is 11.6 Å². The van der Waals surface area contributed by atoms with Gasteiger partial charge in [-0.3, -0.25) is 4.79 Å². The predicted molar refractivity (Wildman–Crippen MR) is 98.0 cm³/mol. The Balaban J connectivity index is 1.79. The van der Waals surface area contributed by atoms with E-state index in [1.807, 2.05) is 6.07 Å². The number of phenolic OH excluding ortho intramolecular Hbond substituents is 1. The number of carbonyl (C=O) groups is 2. The molecule has 2 rings (SSSR count). The van der Waals surface area contributed by atoms with Crippen molar-refractivity contribution >= 4 is 29.6 Å². The van der Waals surface area contributed by atoms with E-state index in [-0.39, 0.29) is 12.3 Å². The molecular formula is C19H18ClNO5. The van der Waals surface area contributed by atoms with Crippen molar-refractivity contribution in [1.82, 2.24) is 5.32 Å². The molecule has 26 heavy (non-hydrogen) atoms. The number of aromatic hydroxyl groups is 1. The predicted octanol–water partition coefficient (Wildman–Crippen LogP) is 2.93. The molecule has 2 N–H and O–H groups in total. The number of hydrogen-bond donors (Lipinski definition) is 2. The van der Waals surface area contributed by atoms with Crippen LogP contribution < -0.4 is 10.1 Å². The quantitative estimate of drug-likeness (QED) is 0.574. The number of nitrogens with one attached hydrogen (secondary N) is 1. The summed E-state index contributed by atoms with van der Waals surface area (Å²) >= 11 is 6.00. The van der Waals surface area contributed by atoms with Gasteiger partial charge in [-0.25, -0.2) is 4.79 Å². The maximum Gasteiger partial charge on any atom is 0.331 e. The van der Waals surface area contributed by atoms with E-state index in [1.54, 1.807) is 30.3 Å². The third-order valence-electron chi connectivity index (χ3n) is 3.40. The van der Waals surface area contributed by atoms with Gasteiger partial charge in [0.15, 0.2) is 18.1 Å². The number of esters is 1. The molecule has 0 aliphatic rings. The summed E-state index contributed by atoms with van der Waals surface area (Å²) in [6, 6.07) is 11.8. The first-order valence-corrected chi connectivity index (χ1v) is 8.09. The Bertz CT molecular complexity index is 819. The summed E-state index contributed by atoms with van der Waals surface area (Å²) in [5.41, 5.74) is 1.41. The van der Waals surface area contributed by atoms with E-state index in [4.69, 9.17) is 21.1 Å². The van der Waals surface area contributed by atoms with Gasteiger partial charge in [0.25, 0.3) is 5.91 Å². The van der Waals surface area contributed by atoms with Crippen LogP contribution in [0.25, 0.3) is 6.08 Å². The summed E-state index contributed by atoms with van der Waals surface area (Å²) in [4.78, 5) is 23.4. The van der Waals surface area contributed by atoms with E-state index in [0.29, 0.717) is 16.3 Å². The second-order valence-corrected chi connectivity index (χ2v) is 5.65. The highest BCUT2D eigenvalue weighted by atomic mass is 35.5. The molecule has 0 radical (unpaired) electrons. The fraction of sp³-hybridized carbons (Fsp3) is 0.158. The molecule has 0 saturated heterocycles. The van der Waals surface area contributed by atoms with E-state index in [2.05, 4.69) is 5.32 Å². The Morgan fingerprint density at radius 2 is 2.00 bits per heavy atom.